The van der Waals surface area contributed by atoms with Crippen LogP contribution in [0.2, 0.25) is 5.02 Å². The molecule has 170 valence electrons. The normalized spacial score (nSPS) is 14.7. The van der Waals surface area contributed by atoms with Crippen molar-refractivity contribution in [1.29, 1.82) is 0 Å². The second-order valence-corrected chi connectivity index (χ2v) is 8.50. The minimum absolute atomic E-state index is 0.0891. The smallest absolute Gasteiger partial charge is 0.335 e. The van der Waals surface area contributed by atoms with Crippen LogP contribution in [-0.2, 0) is 17.6 Å². The number of fused-ring (bicyclic) bond motifs is 1. The van der Waals surface area contributed by atoms with Crippen molar-refractivity contribution in [3.05, 3.63) is 93.1 Å². The first kappa shape index (κ1) is 21.7. The molecule has 0 aliphatic carbocycles. The number of carboxylic acids is 1. The molecule has 0 bridgehead atoms. The van der Waals surface area contributed by atoms with E-state index in [1.54, 1.807) is 34.9 Å². The van der Waals surface area contributed by atoms with Crippen LogP contribution in [-0.4, -0.2) is 41.6 Å². The van der Waals surface area contributed by atoms with Crippen LogP contribution in [0, 0.1) is 0 Å². The zero-order valence-corrected chi connectivity index (χ0v) is 18.5. The maximum absolute atomic E-state index is 13.1. The fourth-order valence-corrected chi connectivity index (χ4v) is 4.52. The lowest BCUT2D eigenvalue weighted by molar-refractivity contribution is -0.121. The van der Waals surface area contributed by atoms with E-state index in [0.717, 1.165) is 5.69 Å². The monoisotopic (exact) mass is 475 g/mol. The number of tetrazole rings is 1. The predicted molar refractivity (Wildman–Crippen MR) is 123 cm³/mol. The molecule has 0 saturated heterocycles. The van der Waals surface area contributed by atoms with Gasteiger partial charge in [0.05, 0.1) is 17.3 Å². The van der Waals surface area contributed by atoms with Crippen LogP contribution in [0.1, 0.15) is 34.1 Å². The van der Waals surface area contributed by atoms with Gasteiger partial charge in [-0.3, -0.25) is 9.59 Å². The number of benzene rings is 2. The topological polar surface area (TPSA) is 120 Å². The third-order valence-electron chi connectivity index (χ3n) is 5.95. The molecule has 0 saturated carbocycles. The number of aryl methyl sites for hydroxylation is 1. The Morgan fingerprint density at radius 3 is 2.59 bits per heavy atom. The van der Waals surface area contributed by atoms with Crippen molar-refractivity contribution in [2.75, 3.05) is 0 Å². The summed E-state index contributed by atoms with van der Waals surface area (Å²) in [5.74, 6) is -1.11. The Hall–Kier alpha value is -4.11. The second kappa shape index (κ2) is 8.68. The molecule has 3 heterocycles. The Bertz CT molecular complexity index is 1460. The Balaban J connectivity index is 1.46. The van der Waals surface area contributed by atoms with Gasteiger partial charge in [0, 0.05) is 28.8 Å². The Labute approximate surface area is 198 Å². The molecule has 9 nitrogen and oxygen atoms in total. The molecule has 0 amide bonds. The molecule has 1 atom stereocenters. The van der Waals surface area contributed by atoms with Gasteiger partial charge < -0.3 is 9.67 Å². The molecule has 1 aliphatic rings. The summed E-state index contributed by atoms with van der Waals surface area (Å²) >= 11 is 6.23. The maximum Gasteiger partial charge on any atom is 0.335 e. The highest BCUT2D eigenvalue weighted by Gasteiger charge is 2.29. The highest BCUT2D eigenvalue weighted by atomic mass is 35.5. The highest BCUT2D eigenvalue weighted by molar-refractivity contribution is 6.31. The van der Waals surface area contributed by atoms with Gasteiger partial charge in [-0.15, -0.1) is 5.10 Å². The summed E-state index contributed by atoms with van der Waals surface area (Å²) in [4.78, 5) is 37.2. The number of hydrogen-bond donors (Lipinski definition) is 1. The van der Waals surface area contributed by atoms with Gasteiger partial charge in [0.2, 0.25) is 0 Å². The molecule has 1 aliphatic heterocycles. The molecule has 1 N–H and O–H groups in total. The molecule has 1 unspecified atom stereocenters. The number of ketones is 1. The molecule has 0 radical (unpaired) electrons. The van der Waals surface area contributed by atoms with E-state index in [4.69, 9.17) is 16.7 Å². The first-order valence-electron chi connectivity index (χ1n) is 10.5. The molecule has 34 heavy (non-hydrogen) atoms. The van der Waals surface area contributed by atoms with Gasteiger partial charge in [0.1, 0.15) is 6.33 Å². The van der Waals surface area contributed by atoms with Crippen molar-refractivity contribution in [3.63, 3.8) is 0 Å². The Morgan fingerprint density at radius 1 is 1.09 bits per heavy atom. The number of nitrogens with zero attached hydrogens (tertiary/aromatic N) is 5. The molecule has 5 rings (SSSR count). The average molecular weight is 476 g/mol. The van der Waals surface area contributed by atoms with Gasteiger partial charge in [-0.2, -0.15) is 4.68 Å². The van der Waals surface area contributed by atoms with Crippen LogP contribution in [0.5, 0.6) is 0 Å². The van der Waals surface area contributed by atoms with Crippen molar-refractivity contribution in [2.45, 2.75) is 25.3 Å². The molecular weight excluding hydrogens is 458 g/mol. The number of aromatic carboxylic acids is 1. The fraction of sp³-hybridized carbons (Fsp3) is 0.167. The molecule has 2 aromatic carbocycles. The van der Waals surface area contributed by atoms with Crippen LogP contribution >= 0.6 is 11.6 Å². The minimum atomic E-state index is -1.02. The summed E-state index contributed by atoms with van der Waals surface area (Å²) in [6.45, 7) is 0. The Morgan fingerprint density at radius 2 is 1.88 bits per heavy atom. The van der Waals surface area contributed by atoms with Crippen LogP contribution in [0.3, 0.4) is 0 Å². The third kappa shape index (κ3) is 4.01. The first-order chi connectivity index (χ1) is 16.4. The number of Topliss-reactive ketones (excluding diaryl/α,β-unsaturated/α-hetero) is 1. The van der Waals surface area contributed by atoms with E-state index in [2.05, 4.69) is 15.5 Å². The molecule has 4 aromatic rings. The van der Waals surface area contributed by atoms with Gasteiger partial charge in [-0.1, -0.05) is 23.7 Å². The number of rotatable bonds is 6. The summed E-state index contributed by atoms with van der Waals surface area (Å²) in [6.07, 6.45) is 2.69. The minimum Gasteiger partial charge on any atom is -0.478 e. The number of halogens is 1. The van der Waals surface area contributed by atoms with Gasteiger partial charge in [0.15, 0.2) is 5.78 Å². The average Bonchev–Trinajstić information content (AvgIpc) is 3.50. The SMILES string of the molecule is O=C(O)c1ccc(CC(=O)C2CCc3cc(-c4cc(Cl)ccc4-n4cnnn4)cc(=O)n32)cc1. The van der Waals surface area contributed by atoms with E-state index >= 15 is 0 Å². The summed E-state index contributed by atoms with van der Waals surface area (Å²) in [5, 5.41) is 20.8. The number of carbonyl (C=O) groups is 2. The van der Waals surface area contributed by atoms with Crippen molar-refractivity contribution in [3.8, 4) is 16.8 Å². The van der Waals surface area contributed by atoms with Crippen molar-refractivity contribution >= 4 is 23.4 Å². The highest BCUT2D eigenvalue weighted by Crippen LogP contribution is 2.32. The number of hydrogen-bond acceptors (Lipinski definition) is 6. The van der Waals surface area contributed by atoms with E-state index in [1.807, 2.05) is 6.07 Å². The molecule has 0 spiro atoms. The lowest BCUT2D eigenvalue weighted by Crippen LogP contribution is -2.28. The fourth-order valence-electron chi connectivity index (χ4n) is 4.35. The van der Waals surface area contributed by atoms with Gasteiger partial charge in [-0.25, -0.2) is 4.79 Å². The zero-order valence-electron chi connectivity index (χ0n) is 17.8. The van der Waals surface area contributed by atoms with Gasteiger partial charge in [0.25, 0.3) is 5.56 Å². The van der Waals surface area contributed by atoms with Crippen LogP contribution in [0.25, 0.3) is 16.8 Å². The first-order valence-corrected chi connectivity index (χ1v) is 10.9. The standard InChI is InChI=1S/C24H18ClN5O4/c25-17-5-7-20(29-13-26-27-28-29)19(12-17)16-10-18-6-8-21(30(18)23(32)11-16)22(31)9-14-1-3-15(4-2-14)24(33)34/h1-5,7,10-13,21H,6,8-9H2,(H,33,34). The van der Waals surface area contributed by atoms with E-state index < -0.39 is 12.0 Å². The summed E-state index contributed by atoms with van der Waals surface area (Å²) in [5.41, 5.74) is 3.41. The number of pyridine rings is 1. The lowest BCUT2D eigenvalue weighted by atomic mass is 10.0. The summed E-state index contributed by atoms with van der Waals surface area (Å²) < 4.78 is 3.05. The third-order valence-corrected chi connectivity index (χ3v) is 6.18. The van der Waals surface area contributed by atoms with Crippen LogP contribution < -0.4 is 5.56 Å². The number of aromatic nitrogens is 5. The van der Waals surface area contributed by atoms with Crippen LogP contribution in [0.15, 0.2) is 65.7 Å². The summed E-state index contributed by atoms with van der Waals surface area (Å²) in [7, 11) is 0. The van der Waals surface area contributed by atoms with E-state index in [0.29, 0.717) is 40.2 Å². The molecule has 0 fully saturated rings. The molecular formula is C24H18ClN5O4. The van der Waals surface area contributed by atoms with Crippen molar-refractivity contribution < 1.29 is 14.7 Å². The largest absolute Gasteiger partial charge is 0.478 e. The molecule has 2 aromatic heterocycles. The second-order valence-electron chi connectivity index (χ2n) is 8.06. The van der Waals surface area contributed by atoms with E-state index in [-0.39, 0.29) is 23.3 Å². The quantitative estimate of drug-likeness (QED) is 0.454. The predicted octanol–water partition coefficient (Wildman–Crippen LogP) is 3.14. The molecule has 10 heteroatoms. The van der Waals surface area contributed by atoms with E-state index in [9.17, 15) is 14.4 Å². The lowest BCUT2D eigenvalue weighted by Gasteiger charge is -2.15. The van der Waals surface area contributed by atoms with Crippen molar-refractivity contribution in [2.24, 2.45) is 0 Å². The van der Waals surface area contributed by atoms with Crippen molar-refractivity contribution in [1.82, 2.24) is 24.8 Å². The maximum atomic E-state index is 13.1. The van der Waals surface area contributed by atoms with Gasteiger partial charge in [-0.05, 0) is 70.8 Å². The zero-order chi connectivity index (χ0) is 23.8. The number of carbonyl (C=O) groups excluding carboxylic acids is 1. The Kier molecular flexibility index (Phi) is 5.54. The van der Waals surface area contributed by atoms with E-state index in [1.165, 1.54) is 29.2 Å². The number of carboxylic acid groups (broad SMARTS) is 1. The van der Waals surface area contributed by atoms with Gasteiger partial charge >= 0.3 is 5.97 Å². The van der Waals surface area contributed by atoms with Crippen LogP contribution in [0.4, 0.5) is 0 Å². The summed E-state index contributed by atoms with van der Waals surface area (Å²) in [6, 6.07) is 14.3.